The van der Waals surface area contributed by atoms with Crippen LogP contribution in [-0.2, 0) is 14.5 Å². The van der Waals surface area contributed by atoms with E-state index in [1.165, 1.54) is 19.2 Å². The van der Waals surface area contributed by atoms with E-state index in [1.807, 2.05) is 0 Å². The van der Waals surface area contributed by atoms with Crippen LogP contribution in [-0.4, -0.2) is 24.6 Å². The number of nitro groups is 1. The first-order chi connectivity index (χ1) is 9.54. The van der Waals surface area contributed by atoms with Gasteiger partial charge in [-0.05, 0) is 19.1 Å². The molecule has 20 heavy (non-hydrogen) atoms. The largest absolute Gasteiger partial charge is 0.465 e. The standard InChI is InChI=1S/C12H12N2O6/c1-3-19-20-11(7-13)9-5-4-8(12(15)18-2)6-10(9)14(16)17/h4-6,11H,3H2,1-2H3. The number of rotatable bonds is 6. The fourth-order valence-electron chi connectivity index (χ4n) is 1.45. The summed E-state index contributed by atoms with van der Waals surface area (Å²) in [5.41, 5.74) is -0.409. The highest BCUT2D eigenvalue weighted by Crippen LogP contribution is 2.28. The van der Waals surface area contributed by atoms with Gasteiger partial charge in [-0.3, -0.25) is 10.1 Å². The third-order valence-electron chi connectivity index (χ3n) is 2.33. The maximum atomic E-state index is 11.3. The summed E-state index contributed by atoms with van der Waals surface area (Å²) in [4.78, 5) is 31.1. The van der Waals surface area contributed by atoms with Gasteiger partial charge in [-0.25, -0.2) is 14.6 Å². The molecule has 0 saturated heterocycles. The summed E-state index contributed by atoms with van der Waals surface area (Å²) in [7, 11) is 1.17. The van der Waals surface area contributed by atoms with Gasteiger partial charge in [-0.15, -0.1) is 0 Å². The zero-order chi connectivity index (χ0) is 15.1. The van der Waals surface area contributed by atoms with Gasteiger partial charge in [-0.1, -0.05) is 0 Å². The van der Waals surface area contributed by atoms with Crippen molar-refractivity contribution in [2.45, 2.75) is 13.0 Å². The van der Waals surface area contributed by atoms with Crippen molar-refractivity contribution in [2.24, 2.45) is 0 Å². The average molecular weight is 280 g/mol. The smallest absolute Gasteiger partial charge is 0.338 e. The van der Waals surface area contributed by atoms with Gasteiger partial charge in [0.1, 0.15) is 6.07 Å². The van der Waals surface area contributed by atoms with Crippen molar-refractivity contribution in [3.63, 3.8) is 0 Å². The molecule has 0 spiro atoms. The molecule has 0 heterocycles. The summed E-state index contributed by atoms with van der Waals surface area (Å²) < 4.78 is 4.48. The lowest BCUT2D eigenvalue weighted by Crippen LogP contribution is -2.08. The summed E-state index contributed by atoms with van der Waals surface area (Å²) in [6, 6.07) is 5.35. The number of methoxy groups -OCH3 is 1. The number of hydrogen-bond donors (Lipinski definition) is 0. The molecule has 1 unspecified atom stereocenters. The molecule has 0 amide bonds. The Labute approximate surface area is 114 Å². The Balaban J connectivity index is 3.22. The summed E-state index contributed by atoms with van der Waals surface area (Å²) >= 11 is 0. The van der Waals surface area contributed by atoms with Crippen molar-refractivity contribution in [3.05, 3.63) is 39.4 Å². The van der Waals surface area contributed by atoms with Crippen LogP contribution in [0.2, 0.25) is 0 Å². The molecule has 1 rings (SSSR count). The van der Waals surface area contributed by atoms with Crippen molar-refractivity contribution in [1.29, 1.82) is 5.26 Å². The highest BCUT2D eigenvalue weighted by atomic mass is 17.2. The van der Waals surface area contributed by atoms with Crippen molar-refractivity contribution in [3.8, 4) is 6.07 Å². The van der Waals surface area contributed by atoms with Gasteiger partial charge in [0, 0.05) is 6.07 Å². The van der Waals surface area contributed by atoms with E-state index in [2.05, 4.69) is 9.62 Å². The summed E-state index contributed by atoms with van der Waals surface area (Å²) in [5, 5.41) is 20.0. The zero-order valence-electron chi connectivity index (χ0n) is 10.9. The molecule has 1 aromatic rings. The van der Waals surface area contributed by atoms with Crippen LogP contribution < -0.4 is 0 Å². The Hall–Kier alpha value is -2.50. The molecule has 0 bridgehead atoms. The van der Waals surface area contributed by atoms with Gasteiger partial charge in [0.2, 0.25) is 6.10 Å². The molecule has 0 fully saturated rings. The number of nitrogens with zero attached hydrogens (tertiary/aromatic N) is 2. The van der Waals surface area contributed by atoms with Crippen molar-refractivity contribution in [1.82, 2.24) is 0 Å². The maximum absolute atomic E-state index is 11.3. The van der Waals surface area contributed by atoms with Crippen molar-refractivity contribution in [2.75, 3.05) is 13.7 Å². The summed E-state index contributed by atoms with van der Waals surface area (Å²) in [6.45, 7) is 1.83. The van der Waals surface area contributed by atoms with Crippen LogP contribution in [0, 0.1) is 21.4 Å². The van der Waals surface area contributed by atoms with E-state index in [9.17, 15) is 14.9 Å². The highest BCUT2D eigenvalue weighted by Gasteiger charge is 2.25. The molecule has 1 aromatic carbocycles. The van der Waals surface area contributed by atoms with E-state index in [0.717, 1.165) is 6.07 Å². The normalized spacial score (nSPS) is 11.4. The summed E-state index contributed by atoms with van der Waals surface area (Å²) in [6.07, 6.45) is -1.26. The monoisotopic (exact) mass is 280 g/mol. The van der Waals surface area contributed by atoms with Crippen LogP contribution in [0.4, 0.5) is 5.69 Å². The Morgan fingerprint density at radius 2 is 2.25 bits per heavy atom. The molecule has 0 aliphatic carbocycles. The SMILES string of the molecule is CCOOC(C#N)c1ccc(C(=O)OC)cc1[N+](=O)[O-]. The third-order valence-corrected chi connectivity index (χ3v) is 2.33. The molecule has 0 radical (unpaired) electrons. The van der Waals surface area contributed by atoms with Gasteiger partial charge in [0.15, 0.2) is 0 Å². The van der Waals surface area contributed by atoms with E-state index in [1.54, 1.807) is 13.0 Å². The Morgan fingerprint density at radius 1 is 1.55 bits per heavy atom. The number of nitriles is 1. The van der Waals surface area contributed by atoms with E-state index in [0.29, 0.717) is 0 Å². The van der Waals surface area contributed by atoms with E-state index < -0.39 is 22.7 Å². The number of hydrogen-bond acceptors (Lipinski definition) is 7. The van der Waals surface area contributed by atoms with Gasteiger partial charge in [0.05, 0.1) is 29.8 Å². The zero-order valence-corrected chi connectivity index (χ0v) is 10.9. The second kappa shape index (κ2) is 7.18. The lowest BCUT2D eigenvalue weighted by atomic mass is 10.0. The molecule has 106 valence electrons. The second-order valence-corrected chi connectivity index (χ2v) is 3.53. The Morgan fingerprint density at radius 3 is 2.75 bits per heavy atom. The minimum atomic E-state index is -1.26. The van der Waals surface area contributed by atoms with Crippen LogP contribution >= 0.6 is 0 Å². The van der Waals surface area contributed by atoms with Gasteiger partial charge >= 0.3 is 5.97 Å². The van der Waals surface area contributed by atoms with Gasteiger partial charge in [0.25, 0.3) is 5.69 Å². The van der Waals surface area contributed by atoms with Gasteiger partial charge in [-0.2, -0.15) is 5.26 Å². The van der Waals surface area contributed by atoms with Crippen LogP contribution in [0.3, 0.4) is 0 Å². The van der Waals surface area contributed by atoms with E-state index in [-0.39, 0.29) is 17.7 Å². The fraction of sp³-hybridized carbons (Fsp3) is 0.333. The van der Waals surface area contributed by atoms with Gasteiger partial charge < -0.3 is 4.74 Å². The number of carbonyl (C=O) groups is 1. The molecule has 1 atom stereocenters. The Kier molecular flexibility index (Phi) is 5.58. The fourth-order valence-corrected chi connectivity index (χ4v) is 1.45. The van der Waals surface area contributed by atoms with Crippen molar-refractivity contribution >= 4 is 11.7 Å². The topological polar surface area (TPSA) is 112 Å². The van der Waals surface area contributed by atoms with E-state index in [4.69, 9.17) is 10.1 Å². The lowest BCUT2D eigenvalue weighted by Gasteiger charge is -2.10. The molecule has 8 heteroatoms. The molecule has 8 nitrogen and oxygen atoms in total. The average Bonchev–Trinajstić information content (AvgIpc) is 2.47. The highest BCUT2D eigenvalue weighted by molar-refractivity contribution is 5.90. The maximum Gasteiger partial charge on any atom is 0.338 e. The molecule has 0 aliphatic heterocycles. The third kappa shape index (κ3) is 3.50. The lowest BCUT2D eigenvalue weighted by molar-refractivity contribution is -0.388. The molecule has 0 saturated carbocycles. The van der Waals surface area contributed by atoms with Crippen LogP contribution in [0.1, 0.15) is 28.9 Å². The quantitative estimate of drug-likeness (QED) is 0.338. The first kappa shape index (κ1) is 15.6. The first-order valence-electron chi connectivity index (χ1n) is 5.59. The molecule has 0 aliphatic rings. The predicted molar refractivity (Wildman–Crippen MR) is 65.5 cm³/mol. The molecule has 0 N–H and O–H groups in total. The number of esters is 1. The van der Waals surface area contributed by atoms with Crippen LogP contribution in [0.5, 0.6) is 0 Å². The first-order valence-corrected chi connectivity index (χ1v) is 5.59. The van der Waals surface area contributed by atoms with E-state index >= 15 is 0 Å². The predicted octanol–water partition coefficient (Wildman–Crippen LogP) is 1.91. The molecule has 0 aromatic heterocycles. The molecular formula is C12H12N2O6. The number of ether oxygens (including phenoxy) is 1. The number of carbonyl (C=O) groups excluding carboxylic acids is 1. The van der Waals surface area contributed by atoms with Crippen molar-refractivity contribution < 1.29 is 24.2 Å². The minimum absolute atomic E-state index is 0.00129. The minimum Gasteiger partial charge on any atom is -0.465 e. The van der Waals surface area contributed by atoms with Crippen LogP contribution in [0.15, 0.2) is 18.2 Å². The summed E-state index contributed by atoms with van der Waals surface area (Å²) in [5.74, 6) is -0.709. The van der Waals surface area contributed by atoms with Crippen LogP contribution in [0.25, 0.3) is 0 Å². The Bertz CT molecular complexity index is 551. The number of benzene rings is 1. The molecular weight excluding hydrogens is 268 g/mol. The second-order valence-electron chi connectivity index (χ2n) is 3.53. The number of nitro benzene ring substituents is 1.